The van der Waals surface area contributed by atoms with Crippen molar-refractivity contribution < 1.29 is 8.91 Å². The van der Waals surface area contributed by atoms with Crippen LogP contribution in [0.1, 0.15) is 16.9 Å². The van der Waals surface area contributed by atoms with Gasteiger partial charge in [-0.15, -0.1) is 0 Å². The van der Waals surface area contributed by atoms with Gasteiger partial charge >= 0.3 is 0 Å². The molecule has 2 aromatic carbocycles. The third-order valence-corrected chi connectivity index (χ3v) is 4.48. The molecule has 0 N–H and O–H groups in total. The highest BCUT2D eigenvalue weighted by Crippen LogP contribution is 2.30. The average molecular weight is 334 g/mol. The van der Waals surface area contributed by atoms with Crippen LogP contribution in [-0.2, 0) is 13.0 Å². The first kappa shape index (κ1) is 15.8. The van der Waals surface area contributed by atoms with E-state index in [4.69, 9.17) is 4.52 Å². The fourth-order valence-corrected chi connectivity index (χ4v) is 3.19. The molecule has 0 atom stereocenters. The zero-order chi connectivity index (χ0) is 17.1. The van der Waals surface area contributed by atoms with Crippen molar-refractivity contribution in [2.45, 2.75) is 13.0 Å². The molecule has 0 unspecified atom stereocenters. The molecule has 0 bridgehead atoms. The standard InChI is InChI=1S/C21H19FN2O/c22-18-10-4-9-17(14-18)21-19-15-24(13-11-20(19)25-23-21)12-5-8-16-6-2-1-3-7-16/h1-10,14H,11-13,15H2/b8-5+. The van der Waals surface area contributed by atoms with Crippen molar-refractivity contribution in [3.63, 3.8) is 0 Å². The van der Waals surface area contributed by atoms with Gasteiger partial charge in [0.05, 0.1) is 0 Å². The zero-order valence-electron chi connectivity index (χ0n) is 13.9. The Hall–Kier alpha value is -2.72. The second-order valence-corrected chi connectivity index (χ2v) is 6.24. The first-order valence-corrected chi connectivity index (χ1v) is 8.47. The molecule has 0 saturated heterocycles. The summed E-state index contributed by atoms with van der Waals surface area (Å²) in [5, 5.41) is 4.19. The average Bonchev–Trinajstić information content (AvgIpc) is 3.06. The van der Waals surface area contributed by atoms with Crippen LogP contribution in [0.4, 0.5) is 4.39 Å². The summed E-state index contributed by atoms with van der Waals surface area (Å²) in [6.07, 6.45) is 5.14. The molecular weight excluding hydrogens is 315 g/mol. The molecule has 3 aromatic rings. The van der Waals surface area contributed by atoms with Gasteiger partial charge in [-0.05, 0) is 17.7 Å². The van der Waals surface area contributed by atoms with Gasteiger partial charge < -0.3 is 4.52 Å². The molecule has 0 amide bonds. The predicted octanol–water partition coefficient (Wildman–Crippen LogP) is 4.55. The Morgan fingerprint density at radius 3 is 2.84 bits per heavy atom. The van der Waals surface area contributed by atoms with Crippen LogP contribution in [0.25, 0.3) is 17.3 Å². The van der Waals surface area contributed by atoms with E-state index in [0.29, 0.717) is 0 Å². The van der Waals surface area contributed by atoms with Gasteiger partial charge in [-0.3, -0.25) is 4.90 Å². The van der Waals surface area contributed by atoms with Crippen LogP contribution < -0.4 is 0 Å². The van der Waals surface area contributed by atoms with Gasteiger partial charge in [0.2, 0.25) is 0 Å². The maximum atomic E-state index is 13.5. The molecule has 2 heterocycles. The zero-order valence-corrected chi connectivity index (χ0v) is 13.9. The Morgan fingerprint density at radius 1 is 1.12 bits per heavy atom. The number of halogens is 1. The van der Waals surface area contributed by atoms with Crippen LogP contribution in [-0.4, -0.2) is 23.1 Å². The Balaban J connectivity index is 1.49. The van der Waals surface area contributed by atoms with E-state index in [2.05, 4.69) is 34.3 Å². The minimum absolute atomic E-state index is 0.257. The number of benzene rings is 2. The number of fused-ring (bicyclic) bond motifs is 1. The molecule has 0 saturated carbocycles. The van der Waals surface area contributed by atoms with Crippen molar-refractivity contribution >= 4 is 6.08 Å². The molecule has 0 fully saturated rings. The van der Waals surface area contributed by atoms with Crippen LogP contribution in [0.15, 0.2) is 65.2 Å². The lowest BCUT2D eigenvalue weighted by Gasteiger charge is -2.24. The molecule has 1 aliphatic heterocycles. The molecule has 25 heavy (non-hydrogen) atoms. The molecule has 3 nitrogen and oxygen atoms in total. The van der Waals surface area contributed by atoms with E-state index in [9.17, 15) is 4.39 Å². The number of aromatic nitrogens is 1. The van der Waals surface area contributed by atoms with Gasteiger partial charge in [0.15, 0.2) is 0 Å². The van der Waals surface area contributed by atoms with Crippen LogP contribution in [0.5, 0.6) is 0 Å². The summed E-state index contributed by atoms with van der Waals surface area (Å²) >= 11 is 0. The van der Waals surface area contributed by atoms with E-state index < -0.39 is 0 Å². The fraction of sp³-hybridized carbons (Fsp3) is 0.190. The monoisotopic (exact) mass is 334 g/mol. The number of rotatable bonds is 4. The lowest BCUT2D eigenvalue weighted by atomic mass is 10.0. The second kappa shape index (κ2) is 7.03. The molecule has 4 rings (SSSR count). The summed E-state index contributed by atoms with van der Waals surface area (Å²) in [6, 6.07) is 16.8. The van der Waals surface area contributed by atoms with E-state index in [1.54, 1.807) is 6.07 Å². The summed E-state index contributed by atoms with van der Waals surface area (Å²) in [4.78, 5) is 2.35. The van der Waals surface area contributed by atoms with Crippen molar-refractivity contribution in [1.82, 2.24) is 10.1 Å². The van der Waals surface area contributed by atoms with Crippen molar-refractivity contribution in [3.05, 3.63) is 83.4 Å². The topological polar surface area (TPSA) is 29.3 Å². The Morgan fingerprint density at radius 2 is 2.00 bits per heavy atom. The van der Waals surface area contributed by atoms with Gasteiger partial charge in [0.1, 0.15) is 17.3 Å². The first-order valence-electron chi connectivity index (χ1n) is 8.47. The molecule has 1 aromatic heterocycles. The summed E-state index contributed by atoms with van der Waals surface area (Å²) in [5.41, 5.74) is 3.80. The third-order valence-electron chi connectivity index (χ3n) is 4.48. The Kier molecular flexibility index (Phi) is 4.44. The smallest absolute Gasteiger partial charge is 0.143 e. The maximum Gasteiger partial charge on any atom is 0.143 e. The molecule has 1 aliphatic rings. The highest BCUT2D eigenvalue weighted by Gasteiger charge is 2.24. The quantitative estimate of drug-likeness (QED) is 0.701. The Bertz CT molecular complexity index is 886. The molecule has 126 valence electrons. The SMILES string of the molecule is Fc1cccc(-c2noc3c2CN(C/C=C/c2ccccc2)CC3)c1. The normalized spacial score (nSPS) is 14.8. The van der Waals surface area contributed by atoms with E-state index in [0.717, 1.165) is 48.6 Å². The van der Waals surface area contributed by atoms with E-state index in [1.165, 1.54) is 17.7 Å². The molecule has 0 spiro atoms. The van der Waals surface area contributed by atoms with E-state index >= 15 is 0 Å². The van der Waals surface area contributed by atoms with Crippen LogP contribution in [0.3, 0.4) is 0 Å². The third kappa shape index (κ3) is 3.54. The highest BCUT2D eigenvalue weighted by atomic mass is 19.1. The summed E-state index contributed by atoms with van der Waals surface area (Å²) in [5.74, 6) is 0.662. The van der Waals surface area contributed by atoms with Gasteiger partial charge in [0.25, 0.3) is 0 Å². The second-order valence-electron chi connectivity index (χ2n) is 6.24. The van der Waals surface area contributed by atoms with Gasteiger partial charge in [-0.2, -0.15) is 0 Å². The summed E-state index contributed by atoms with van der Waals surface area (Å²) in [7, 11) is 0. The number of hydrogen-bond donors (Lipinski definition) is 0. The first-order chi connectivity index (χ1) is 12.3. The van der Waals surface area contributed by atoms with Gasteiger partial charge in [-0.1, -0.05) is 59.8 Å². The molecular formula is C21H19FN2O. The van der Waals surface area contributed by atoms with Gasteiger partial charge in [-0.25, -0.2) is 4.39 Å². The number of nitrogens with zero attached hydrogens (tertiary/aromatic N) is 2. The number of hydrogen-bond acceptors (Lipinski definition) is 3. The van der Waals surface area contributed by atoms with Crippen LogP contribution in [0, 0.1) is 5.82 Å². The van der Waals surface area contributed by atoms with E-state index in [-0.39, 0.29) is 5.82 Å². The van der Waals surface area contributed by atoms with Crippen LogP contribution >= 0.6 is 0 Å². The predicted molar refractivity (Wildman–Crippen MR) is 96.4 cm³/mol. The largest absolute Gasteiger partial charge is 0.360 e. The summed E-state index contributed by atoms with van der Waals surface area (Å²) < 4.78 is 19.0. The molecule has 4 heteroatoms. The minimum Gasteiger partial charge on any atom is -0.360 e. The van der Waals surface area contributed by atoms with E-state index in [1.807, 2.05) is 24.3 Å². The summed E-state index contributed by atoms with van der Waals surface area (Å²) in [6.45, 7) is 2.57. The van der Waals surface area contributed by atoms with Crippen molar-refractivity contribution in [1.29, 1.82) is 0 Å². The minimum atomic E-state index is -0.257. The van der Waals surface area contributed by atoms with Crippen LogP contribution in [0.2, 0.25) is 0 Å². The lowest BCUT2D eigenvalue weighted by molar-refractivity contribution is 0.258. The lowest BCUT2D eigenvalue weighted by Crippen LogP contribution is -2.30. The maximum absolute atomic E-state index is 13.5. The highest BCUT2D eigenvalue weighted by molar-refractivity contribution is 5.63. The molecule has 0 radical (unpaired) electrons. The van der Waals surface area contributed by atoms with Crippen molar-refractivity contribution in [2.24, 2.45) is 0 Å². The van der Waals surface area contributed by atoms with Crippen molar-refractivity contribution in [2.75, 3.05) is 13.1 Å². The molecule has 0 aliphatic carbocycles. The van der Waals surface area contributed by atoms with Crippen molar-refractivity contribution in [3.8, 4) is 11.3 Å². The van der Waals surface area contributed by atoms with Gasteiger partial charge in [0, 0.05) is 37.2 Å². The Labute approximate surface area is 146 Å². The fourth-order valence-electron chi connectivity index (χ4n) is 3.19.